The van der Waals surface area contributed by atoms with Crippen LogP contribution in [-0.4, -0.2) is 33.4 Å². The average molecular weight is 408 g/mol. The van der Waals surface area contributed by atoms with E-state index in [4.69, 9.17) is 23.9 Å². The Morgan fingerprint density at radius 1 is 1.34 bits per heavy atom. The molecule has 0 radical (unpaired) electrons. The van der Waals surface area contributed by atoms with Crippen molar-refractivity contribution in [2.45, 2.75) is 32.7 Å². The van der Waals surface area contributed by atoms with Crippen molar-refractivity contribution in [2.75, 3.05) is 18.8 Å². The van der Waals surface area contributed by atoms with Crippen LogP contribution in [0.4, 0.5) is 11.4 Å². The lowest BCUT2D eigenvalue weighted by Crippen LogP contribution is -2.39. The predicted octanol–water partition coefficient (Wildman–Crippen LogP) is 4.98. The second-order valence-electron chi connectivity index (χ2n) is 7.57. The van der Waals surface area contributed by atoms with Crippen LogP contribution in [0, 0.1) is 13.5 Å². The fourth-order valence-electron chi connectivity index (χ4n) is 4.14. The third kappa shape index (κ3) is 3.32. The molecule has 0 saturated carbocycles. The number of carbonyl (C=O) groups is 1. The molecular formula is C22H22ClN5O. The van der Waals surface area contributed by atoms with Gasteiger partial charge in [-0.3, -0.25) is 9.78 Å². The highest BCUT2D eigenvalue weighted by Crippen LogP contribution is 2.41. The molecule has 1 aliphatic heterocycles. The van der Waals surface area contributed by atoms with Crippen LogP contribution in [0.1, 0.15) is 31.4 Å². The van der Waals surface area contributed by atoms with E-state index in [0.717, 1.165) is 47.0 Å². The zero-order valence-corrected chi connectivity index (χ0v) is 17.2. The highest BCUT2D eigenvalue weighted by molar-refractivity contribution is 6.36. The molecule has 6 nitrogen and oxygen atoms in total. The summed E-state index contributed by atoms with van der Waals surface area (Å²) in [5.74, 6) is 0.0981. The van der Waals surface area contributed by atoms with Gasteiger partial charge in [-0.2, -0.15) is 0 Å². The van der Waals surface area contributed by atoms with Gasteiger partial charge in [-0.05, 0) is 42.8 Å². The van der Waals surface area contributed by atoms with Crippen LogP contribution in [0.5, 0.6) is 0 Å². The van der Waals surface area contributed by atoms with Crippen LogP contribution in [0.3, 0.4) is 0 Å². The van der Waals surface area contributed by atoms with E-state index in [1.54, 1.807) is 13.1 Å². The summed E-state index contributed by atoms with van der Waals surface area (Å²) in [6, 6.07) is 4.12. The van der Waals surface area contributed by atoms with Crippen molar-refractivity contribution in [1.82, 2.24) is 14.5 Å². The molecule has 0 spiro atoms. The second kappa shape index (κ2) is 7.41. The van der Waals surface area contributed by atoms with Gasteiger partial charge in [0.25, 0.3) is 0 Å². The van der Waals surface area contributed by atoms with Crippen molar-refractivity contribution in [3.05, 3.63) is 52.7 Å². The smallest absolute Gasteiger partial charge is 0.219 e. The first-order valence-corrected chi connectivity index (χ1v) is 9.96. The number of likely N-dealkylation sites (tertiary alicyclic amines) is 1. The SMILES string of the molecule is [C-]#[N+]c1cc2c(-c3cncc(N)c3Cl)cn(C3CCCN(C(C)=O)C3)c2cc1C. The van der Waals surface area contributed by atoms with Gasteiger partial charge in [-0.15, -0.1) is 0 Å². The average Bonchev–Trinajstić information content (AvgIpc) is 3.07. The minimum atomic E-state index is 0.0981. The van der Waals surface area contributed by atoms with Crippen LogP contribution >= 0.6 is 11.6 Å². The third-order valence-corrected chi connectivity index (χ3v) is 6.13. The summed E-state index contributed by atoms with van der Waals surface area (Å²) in [6.45, 7) is 12.5. The summed E-state index contributed by atoms with van der Waals surface area (Å²) in [4.78, 5) is 21.7. The molecule has 4 rings (SSSR count). The van der Waals surface area contributed by atoms with E-state index in [-0.39, 0.29) is 11.9 Å². The number of halogens is 1. The quantitative estimate of drug-likeness (QED) is 0.609. The molecule has 1 fully saturated rings. The highest BCUT2D eigenvalue weighted by atomic mass is 35.5. The van der Waals surface area contributed by atoms with Crippen molar-refractivity contribution in [3.63, 3.8) is 0 Å². The molecule has 1 unspecified atom stereocenters. The van der Waals surface area contributed by atoms with Gasteiger partial charge in [0, 0.05) is 49.1 Å². The summed E-state index contributed by atoms with van der Waals surface area (Å²) in [5, 5.41) is 1.40. The molecule has 1 saturated heterocycles. The Bertz CT molecular complexity index is 1160. The van der Waals surface area contributed by atoms with Gasteiger partial charge in [0.15, 0.2) is 5.69 Å². The molecule has 3 aromatic rings. The lowest BCUT2D eigenvalue weighted by atomic mass is 10.0. The first kappa shape index (κ1) is 19.3. The van der Waals surface area contributed by atoms with Gasteiger partial charge in [-0.1, -0.05) is 11.6 Å². The largest absolute Gasteiger partial charge is 0.396 e. The van der Waals surface area contributed by atoms with Gasteiger partial charge in [-0.25, -0.2) is 4.85 Å². The van der Waals surface area contributed by atoms with Gasteiger partial charge in [0.05, 0.1) is 29.5 Å². The van der Waals surface area contributed by atoms with Crippen molar-refractivity contribution < 1.29 is 4.79 Å². The van der Waals surface area contributed by atoms with E-state index >= 15 is 0 Å². The molecule has 3 heterocycles. The molecule has 29 heavy (non-hydrogen) atoms. The Hall–Kier alpha value is -3.04. The van der Waals surface area contributed by atoms with Crippen LogP contribution in [0.25, 0.3) is 26.9 Å². The molecule has 0 aliphatic carbocycles. The third-order valence-electron chi connectivity index (χ3n) is 5.70. The summed E-state index contributed by atoms with van der Waals surface area (Å²) in [6.07, 6.45) is 7.25. The second-order valence-corrected chi connectivity index (χ2v) is 7.95. The Morgan fingerprint density at radius 2 is 2.14 bits per heavy atom. The number of rotatable bonds is 2. The first-order valence-electron chi connectivity index (χ1n) is 9.58. The maximum atomic E-state index is 11.9. The van der Waals surface area contributed by atoms with Crippen molar-refractivity contribution in [3.8, 4) is 11.1 Å². The summed E-state index contributed by atoms with van der Waals surface area (Å²) in [7, 11) is 0. The van der Waals surface area contributed by atoms with Crippen molar-refractivity contribution in [2.24, 2.45) is 0 Å². The predicted molar refractivity (Wildman–Crippen MR) is 116 cm³/mol. The lowest BCUT2D eigenvalue weighted by Gasteiger charge is -2.33. The molecule has 1 aromatic carbocycles. The molecule has 148 valence electrons. The number of benzene rings is 1. The standard InChI is InChI=1S/C22H22ClN5O/c1-13-7-21-16(8-20(13)25-3)18(17-9-26-10-19(24)22(17)23)12-28(21)15-5-4-6-27(11-15)14(2)29/h7-10,12,15H,4-6,11,24H2,1-2H3. The lowest BCUT2D eigenvalue weighted by molar-refractivity contribution is -0.130. The number of amides is 1. The van der Waals surface area contributed by atoms with Crippen molar-refractivity contribution >= 4 is 39.8 Å². The number of aromatic nitrogens is 2. The number of anilines is 1. The first-order chi connectivity index (χ1) is 13.9. The Balaban J connectivity index is 1.94. The number of aryl methyl sites for hydroxylation is 1. The minimum absolute atomic E-state index is 0.0981. The summed E-state index contributed by atoms with van der Waals surface area (Å²) < 4.78 is 2.22. The van der Waals surface area contributed by atoms with Crippen LogP contribution in [0.2, 0.25) is 5.02 Å². The number of pyridine rings is 1. The van der Waals surface area contributed by atoms with E-state index in [0.29, 0.717) is 22.9 Å². The number of fused-ring (bicyclic) bond motifs is 1. The van der Waals surface area contributed by atoms with E-state index in [2.05, 4.69) is 20.6 Å². The molecular weight excluding hydrogens is 386 g/mol. The molecule has 0 bridgehead atoms. The number of hydrogen-bond donors (Lipinski definition) is 1. The van der Waals surface area contributed by atoms with E-state index in [9.17, 15) is 4.79 Å². The molecule has 1 aliphatic rings. The van der Waals surface area contributed by atoms with E-state index < -0.39 is 0 Å². The van der Waals surface area contributed by atoms with E-state index in [1.807, 2.05) is 24.0 Å². The summed E-state index contributed by atoms with van der Waals surface area (Å²) in [5.41, 5.74) is 10.6. The van der Waals surface area contributed by atoms with E-state index in [1.165, 1.54) is 6.20 Å². The number of hydrogen-bond acceptors (Lipinski definition) is 3. The Morgan fingerprint density at radius 3 is 2.86 bits per heavy atom. The van der Waals surface area contributed by atoms with Gasteiger partial charge in [0.1, 0.15) is 0 Å². The molecule has 2 aromatic heterocycles. The zero-order valence-electron chi connectivity index (χ0n) is 16.4. The number of nitrogen functional groups attached to an aromatic ring is 1. The monoisotopic (exact) mass is 407 g/mol. The number of nitrogens with two attached hydrogens (primary N) is 1. The zero-order chi connectivity index (χ0) is 20.7. The number of carbonyl (C=O) groups excluding carboxylic acids is 1. The Kier molecular flexibility index (Phi) is 4.93. The van der Waals surface area contributed by atoms with Crippen LogP contribution < -0.4 is 5.73 Å². The topological polar surface area (TPSA) is 68.5 Å². The fraction of sp³-hybridized carbons (Fsp3) is 0.318. The van der Waals surface area contributed by atoms with Crippen LogP contribution in [-0.2, 0) is 4.79 Å². The Labute approximate surface area is 174 Å². The molecule has 1 atom stereocenters. The van der Waals surface area contributed by atoms with Gasteiger partial charge < -0.3 is 15.2 Å². The molecule has 7 heteroatoms. The highest BCUT2D eigenvalue weighted by Gasteiger charge is 2.26. The fourth-order valence-corrected chi connectivity index (χ4v) is 4.34. The number of nitrogens with zero attached hydrogens (tertiary/aromatic N) is 4. The maximum absolute atomic E-state index is 11.9. The normalized spacial score (nSPS) is 16.8. The minimum Gasteiger partial charge on any atom is -0.396 e. The molecule has 1 amide bonds. The van der Waals surface area contributed by atoms with Crippen molar-refractivity contribution in [1.29, 1.82) is 0 Å². The van der Waals surface area contributed by atoms with Gasteiger partial charge >= 0.3 is 0 Å². The summed E-state index contributed by atoms with van der Waals surface area (Å²) >= 11 is 6.51. The van der Waals surface area contributed by atoms with Gasteiger partial charge in [0.2, 0.25) is 5.91 Å². The molecule has 2 N–H and O–H groups in total. The number of piperidine rings is 1. The van der Waals surface area contributed by atoms with Crippen LogP contribution in [0.15, 0.2) is 30.7 Å². The maximum Gasteiger partial charge on any atom is 0.219 e.